The van der Waals surface area contributed by atoms with E-state index in [2.05, 4.69) is 17.4 Å². The van der Waals surface area contributed by atoms with E-state index >= 15 is 0 Å². The molecule has 2 rings (SSSR count). The molecule has 2 aromatic rings. The number of para-hydroxylation sites is 1. The Kier molecular flexibility index (Phi) is 4.50. The fourth-order valence-corrected chi connectivity index (χ4v) is 1.97. The van der Waals surface area contributed by atoms with Crippen LogP contribution < -0.4 is 11.3 Å². The molecule has 1 atom stereocenters. The summed E-state index contributed by atoms with van der Waals surface area (Å²) in [7, 11) is 0. The molecule has 18 heavy (non-hydrogen) atoms. The molecule has 0 bridgehead atoms. The van der Waals surface area contributed by atoms with Crippen molar-refractivity contribution in [1.29, 1.82) is 0 Å². The van der Waals surface area contributed by atoms with Crippen molar-refractivity contribution in [1.82, 2.24) is 15.2 Å². The lowest BCUT2D eigenvalue weighted by molar-refractivity contribution is 0.481. The van der Waals surface area contributed by atoms with Crippen LogP contribution in [-0.4, -0.2) is 9.78 Å². The van der Waals surface area contributed by atoms with Gasteiger partial charge in [-0.2, -0.15) is 5.10 Å². The number of hydrogen-bond donors (Lipinski definition) is 2. The normalized spacial score (nSPS) is 12.6. The van der Waals surface area contributed by atoms with Gasteiger partial charge in [0, 0.05) is 6.20 Å². The molecule has 3 N–H and O–H groups in total. The van der Waals surface area contributed by atoms with E-state index in [1.807, 2.05) is 47.3 Å². The molecule has 0 fully saturated rings. The second-order valence-electron chi connectivity index (χ2n) is 4.38. The van der Waals surface area contributed by atoms with Crippen LogP contribution in [0.4, 0.5) is 0 Å². The minimum Gasteiger partial charge on any atom is -0.271 e. The van der Waals surface area contributed by atoms with Crippen LogP contribution in [0.2, 0.25) is 0 Å². The Balaban J connectivity index is 2.14. The zero-order valence-corrected chi connectivity index (χ0v) is 10.7. The van der Waals surface area contributed by atoms with Crippen molar-refractivity contribution < 1.29 is 0 Å². The summed E-state index contributed by atoms with van der Waals surface area (Å²) in [5.41, 5.74) is 4.90. The maximum absolute atomic E-state index is 5.59. The Hall–Kier alpha value is -1.65. The Bertz CT molecular complexity index is 464. The first kappa shape index (κ1) is 12.8. The van der Waals surface area contributed by atoms with Crippen LogP contribution in [0.25, 0.3) is 5.69 Å². The van der Waals surface area contributed by atoms with Crippen molar-refractivity contribution in [3.63, 3.8) is 0 Å². The van der Waals surface area contributed by atoms with E-state index in [0.717, 1.165) is 30.6 Å². The standard InChI is InChI=1S/C14H20N4/c1-2-3-9-13(16-15)14-10-11-18(17-14)12-7-5-4-6-8-12/h4-8,10-11,13,16H,2-3,9,15H2,1H3. The highest BCUT2D eigenvalue weighted by Gasteiger charge is 2.12. The van der Waals surface area contributed by atoms with E-state index in [1.165, 1.54) is 0 Å². The highest BCUT2D eigenvalue weighted by molar-refractivity contribution is 5.30. The lowest BCUT2D eigenvalue weighted by Gasteiger charge is -2.12. The van der Waals surface area contributed by atoms with Gasteiger partial charge in [-0.05, 0) is 24.6 Å². The smallest absolute Gasteiger partial charge is 0.0811 e. The predicted molar refractivity (Wildman–Crippen MR) is 73.2 cm³/mol. The van der Waals surface area contributed by atoms with E-state index in [4.69, 9.17) is 5.84 Å². The summed E-state index contributed by atoms with van der Waals surface area (Å²) in [5, 5.41) is 4.58. The largest absolute Gasteiger partial charge is 0.271 e. The minimum atomic E-state index is 0.134. The first-order valence-electron chi connectivity index (χ1n) is 6.42. The van der Waals surface area contributed by atoms with E-state index in [0.29, 0.717) is 0 Å². The third-order valence-corrected chi connectivity index (χ3v) is 3.03. The van der Waals surface area contributed by atoms with E-state index in [1.54, 1.807) is 0 Å². The van der Waals surface area contributed by atoms with Gasteiger partial charge in [0.15, 0.2) is 0 Å². The fourth-order valence-electron chi connectivity index (χ4n) is 1.97. The molecule has 0 amide bonds. The lowest BCUT2D eigenvalue weighted by Crippen LogP contribution is -2.28. The monoisotopic (exact) mass is 244 g/mol. The van der Waals surface area contributed by atoms with Crippen LogP contribution in [0.3, 0.4) is 0 Å². The highest BCUT2D eigenvalue weighted by atomic mass is 15.3. The molecule has 0 radical (unpaired) electrons. The van der Waals surface area contributed by atoms with Crippen LogP contribution in [0.1, 0.15) is 37.9 Å². The van der Waals surface area contributed by atoms with Crippen molar-refractivity contribution >= 4 is 0 Å². The summed E-state index contributed by atoms with van der Waals surface area (Å²) in [6.45, 7) is 2.18. The van der Waals surface area contributed by atoms with Crippen molar-refractivity contribution in [3.05, 3.63) is 48.3 Å². The lowest BCUT2D eigenvalue weighted by atomic mass is 10.1. The number of nitrogens with one attached hydrogen (secondary N) is 1. The van der Waals surface area contributed by atoms with Gasteiger partial charge in [-0.25, -0.2) is 4.68 Å². The molecule has 0 aliphatic heterocycles. The Morgan fingerprint density at radius 2 is 2.06 bits per heavy atom. The molecule has 0 aliphatic rings. The van der Waals surface area contributed by atoms with Crippen molar-refractivity contribution in [2.45, 2.75) is 32.2 Å². The van der Waals surface area contributed by atoms with Crippen LogP contribution in [0.15, 0.2) is 42.6 Å². The topological polar surface area (TPSA) is 55.9 Å². The summed E-state index contributed by atoms with van der Waals surface area (Å²) >= 11 is 0. The summed E-state index contributed by atoms with van der Waals surface area (Å²) in [6, 6.07) is 12.2. The summed E-state index contributed by atoms with van der Waals surface area (Å²) < 4.78 is 1.88. The van der Waals surface area contributed by atoms with Gasteiger partial charge < -0.3 is 0 Å². The molecule has 96 valence electrons. The van der Waals surface area contributed by atoms with Gasteiger partial charge >= 0.3 is 0 Å². The van der Waals surface area contributed by atoms with Crippen molar-refractivity contribution in [2.75, 3.05) is 0 Å². The Morgan fingerprint density at radius 1 is 1.28 bits per heavy atom. The highest BCUT2D eigenvalue weighted by Crippen LogP contribution is 2.17. The second kappa shape index (κ2) is 6.33. The summed E-state index contributed by atoms with van der Waals surface area (Å²) in [5.74, 6) is 5.59. The molecule has 0 saturated carbocycles. The number of rotatable bonds is 6. The molecule has 4 nitrogen and oxygen atoms in total. The second-order valence-corrected chi connectivity index (χ2v) is 4.38. The van der Waals surface area contributed by atoms with Crippen LogP contribution in [0.5, 0.6) is 0 Å². The van der Waals surface area contributed by atoms with E-state index in [9.17, 15) is 0 Å². The van der Waals surface area contributed by atoms with Crippen LogP contribution >= 0.6 is 0 Å². The molecule has 1 heterocycles. The fraction of sp³-hybridized carbons (Fsp3) is 0.357. The third kappa shape index (κ3) is 2.97. The average Bonchev–Trinajstić information content (AvgIpc) is 2.90. The predicted octanol–water partition coefficient (Wildman–Crippen LogP) is 2.57. The van der Waals surface area contributed by atoms with Gasteiger partial charge in [-0.15, -0.1) is 0 Å². The van der Waals surface area contributed by atoms with E-state index < -0.39 is 0 Å². The SMILES string of the molecule is CCCCC(NN)c1ccn(-c2ccccc2)n1. The van der Waals surface area contributed by atoms with Gasteiger partial charge in [0.25, 0.3) is 0 Å². The van der Waals surface area contributed by atoms with Gasteiger partial charge in [0.05, 0.1) is 17.4 Å². The van der Waals surface area contributed by atoms with Crippen LogP contribution in [0, 0.1) is 0 Å². The van der Waals surface area contributed by atoms with Crippen molar-refractivity contribution in [2.24, 2.45) is 5.84 Å². The zero-order valence-electron chi connectivity index (χ0n) is 10.7. The molecule has 1 aromatic carbocycles. The van der Waals surface area contributed by atoms with Gasteiger partial charge in [-0.3, -0.25) is 11.3 Å². The average molecular weight is 244 g/mol. The molecular formula is C14H20N4. The molecule has 4 heteroatoms. The molecule has 0 spiro atoms. The Morgan fingerprint density at radius 3 is 2.72 bits per heavy atom. The van der Waals surface area contributed by atoms with Gasteiger partial charge in [0.2, 0.25) is 0 Å². The number of aromatic nitrogens is 2. The van der Waals surface area contributed by atoms with Crippen LogP contribution in [-0.2, 0) is 0 Å². The molecule has 1 aromatic heterocycles. The first-order valence-corrected chi connectivity index (χ1v) is 6.42. The number of hydrazine groups is 1. The molecule has 1 unspecified atom stereocenters. The summed E-state index contributed by atoms with van der Waals surface area (Å²) in [4.78, 5) is 0. The van der Waals surface area contributed by atoms with Gasteiger partial charge in [-0.1, -0.05) is 38.0 Å². The number of nitrogens with two attached hydrogens (primary N) is 1. The molecular weight excluding hydrogens is 224 g/mol. The third-order valence-electron chi connectivity index (χ3n) is 3.03. The molecule has 0 aliphatic carbocycles. The number of hydrogen-bond acceptors (Lipinski definition) is 3. The van der Waals surface area contributed by atoms with Crippen molar-refractivity contribution in [3.8, 4) is 5.69 Å². The zero-order chi connectivity index (χ0) is 12.8. The number of nitrogens with zero attached hydrogens (tertiary/aromatic N) is 2. The number of benzene rings is 1. The number of unbranched alkanes of at least 4 members (excludes halogenated alkanes) is 1. The minimum absolute atomic E-state index is 0.134. The molecule has 0 saturated heterocycles. The maximum atomic E-state index is 5.59. The van der Waals surface area contributed by atoms with Gasteiger partial charge in [0.1, 0.15) is 0 Å². The Labute approximate surface area is 108 Å². The quantitative estimate of drug-likeness (QED) is 0.606. The summed E-state index contributed by atoms with van der Waals surface area (Å²) in [6.07, 6.45) is 5.30. The van der Waals surface area contributed by atoms with E-state index in [-0.39, 0.29) is 6.04 Å². The first-order chi connectivity index (χ1) is 8.85. The maximum Gasteiger partial charge on any atom is 0.0811 e.